The summed E-state index contributed by atoms with van der Waals surface area (Å²) >= 11 is 1.34. The predicted octanol–water partition coefficient (Wildman–Crippen LogP) is 2.98. The molecular weight excluding hydrogens is 308 g/mol. The van der Waals surface area contributed by atoms with Gasteiger partial charge in [0.05, 0.1) is 23.7 Å². The van der Waals surface area contributed by atoms with Crippen LogP contribution in [-0.4, -0.2) is 27.2 Å². The van der Waals surface area contributed by atoms with Crippen molar-refractivity contribution in [2.24, 2.45) is 5.92 Å². The first kappa shape index (κ1) is 15.6. The summed E-state index contributed by atoms with van der Waals surface area (Å²) < 4.78 is 0. The molecule has 1 aromatic heterocycles. The van der Waals surface area contributed by atoms with Crippen LogP contribution in [0.5, 0.6) is 0 Å². The molecule has 3 rings (SSSR count). The van der Waals surface area contributed by atoms with Gasteiger partial charge in [0, 0.05) is 0 Å². The van der Waals surface area contributed by atoms with Crippen LogP contribution >= 0.6 is 11.8 Å². The maximum atomic E-state index is 12.1. The number of hydrogen-bond acceptors (Lipinski definition) is 4. The summed E-state index contributed by atoms with van der Waals surface area (Å²) in [7, 11) is 0. The molecule has 118 valence electrons. The van der Waals surface area contributed by atoms with Gasteiger partial charge in [0.15, 0.2) is 5.16 Å². The largest absolute Gasteiger partial charge is 0.337 e. The molecule has 5 nitrogen and oxygen atoms in total. The van der Waals surface area contributed by atoms with Crippen LogP contribution in [-0.2, 0) is 4.79 Å². The van der Waals surface area contributed by atoms with Gasteiger partial charge in [0.25, 0.3) is 0 Å². The minimum absolute atomic E-state index is 0.136. The van der Waals surface area contributed by atoms with Crippen LogP contribution in [0, 0.1) is 17.2 Å². The van der Waals surface area contributed by atoms with Crippen molar-refractivity contribution in [3.63, 3.8) is 0 Å². The number of benzene rings is 1. The molecule has 2 N–H and O–H groups in total. The third kappa shape index (κ3) is 3.74. The van der Waals surface area contributed by atoms with Crippen LogP contribution < -0.4 is 5.32 Å². The molecular formula is C17H18N4OS. The van der Waals surface area contributed by atoms with Crippen molar-refractivity contribution in [1.82, 2.24) is 15.3 Å². The molecule has 1 aliphatic rings. The van der Waals surface area contributed by atoms with Crippen molar-refractivity contribution in [2.75, 3.05) is 5.75 Å². The number of amides is 1. The van der Waals surface area contributed by atoms with Crippen LogP contribution in [0.4, 0.5) is 0 Å². The lowest BCUT2D eigenvalue weighted by molar-refractivity contribution is -0.119. The maximum absolute atomic E-state index is 12.1. The number of carbonyl (C=O) groups excluding carboxylic acids is 1. The summed E-state index contributed by atoms with van der Waals surface area (Å²) in [4.78, 5) is 19.6. The molecule has 0 aliphatic heterocycles. The van der Waals surface area contributed by atoms with Gasteiger partial charge in [-0.15, -0.1) is 0 Å². The van der Waals surface area contributed by atoms with Gasteiger partial charge in [0.2, 0.25) is 5.91 Å². The van der Waals surface area contributed by atoms with Gasteiger partial charge >= 0.3 is 0 Å². The Morgan fingerprint density at radius 1 is 1.48 bits per heavy atom. The second-order valence-electron chi connectivity index (χ2n) is 5.89. The molecule has 23 heavy (non-hydrogen) atoms. The van der Waals surface area contributed by atoms with E-state index in [-0.39, 0.29) is 17.6 Å². The van der Waals surface area contributed by atoms with Crippen molar-refractivity contribution in [2.45, 2.75) is 30.5 Å². The normalized spacial score (nSPS) is 16.3. The number of imidazole rings is 1. The third-order valence-corrected chi connectivity index (χ3v) is 4.89. The van der Waals surface area contributed by atoms with Crippen LogP contribution in [0.1, 0.15) is 19.8 Å². The first-order valence-electron chi connectivity index (χ1n) is 7.56. The molecule has 1 heterocycles. The van der Waals surface area contributed by atoms with E-state index in [2.05, 4.69) is 21.4 Å². The third-order valence-electron chi connectivity index (χ3n) is 4.00. The van der Waals surface area contributed by atoms with Gasteiger partial charge < -0.3 is 10.3 Å². The van der Waals surface area contributed by atoms with Crippen molar-refractivity contribution < 1.29 is 4.79 Å². The Hall–Kier alpha value is -2.26. The number of nitrogens with zero attached hydrogens (tertiary/aromatic N) is 2. The molecule has 2 aromatic rings. The number of carbonyl (C=O) groups is 1. The molecule has 1 unspecified atom stereocenters. The summed E-state index contributed by atoms with van der Waals surface area (Å²) in [6.45, 7) is 1.80. The number of nitriles is 1. The highest BCUT2D eigenvalue weighted by Crippen LogP contribution is 2.39. The standard InChI is InChI=1S/C17H18N4OS/c1-17(11-18,13-7-8-13)21-15(22)10-23-16-19-9-14(20-16)12-5-3-2-4-6-12/h2-6,9,13H,7-8,10H2,1H3,(H,19,20)(H,21,22). The molecule has 1 amide bonds. The van der Waals surface area contributed by atoms with Crippen LogP contribution in [0.3, 0.4) is 0 Å². The summed E-state index contributed by atoms with van der Waals surface area (Å²) in [5, 5.41) is 12.8. The SMILES string of the molecule is CC(C#N)(NC(=O)CSc1ncc(-c2ccccc2)[nH]1)C1CC1. The van der Waals surface area contributed by atoms with Gasteiger partial charge in [-0.25, -0.2) is 4.98 Å². The zero-order valence-electron chi connectivity index (χ0n) is 12.9. The van der Waals surface area contributed by atoms with Gasteiger partial charge in [-0.2, -0.15) is 5.26 Å². The average Bonchev–Trinajstić information content (AvgIpc) is 3.33. The van der Waals surface area contributed by atoms with Gasteiger partial charge in [-0.3, -0.25) is 4.79 Å². The van der Waals surface area contributed by atoms with E-state index in [0.717, 1.165) is 24.1 Å². The molecule has 1 aromatic carbocycles. The van der Waals surface area contributed by atoms with E-state index in [4.69, 9.17) is 0 Å². The van der Waals surface area contributed by atoms with E-state index in [1.54, 1.807) is 13.1 Å². The minimum atomic E-state index is -0.740. The molecule has 1 aliphatic carbocycles. The molecule has 1 fully saturated rings. The number of thioether (sulfide) groups is 1. The zero-order valence-corrected chi connectivity index (χ0v) is 13.7. The monoisotopic (exact) mass is 326 g/mol. The number of nitrogens with one attached hydrogen (secondary N) is 2. The molecule has 0 spiro atoms. The quantitative estimate of drug-likeness (QED) is 0.800. The zero-order chi connectivity index (χ0) is 16.3. The second kappa shape index (κ2) is 6.47. The number of H-pyrrole nitrogens is 1. The lowest BCUT2D eigenvalue weighted by Gasteiger charge is -2.22. The van der Waals surface area contributed by atoms with Crippen LogP contribution in [0.2, 0.25) is 0 Å². The minimum Gasteiger partial charge on any atom is -0.337 e. The maximum Gasteiger partial charge on any atom is 0.231 e. The molecule has 1 atom stereocenters. The number of aromatic amines is 1. The Morgan fingerprint density at radius 3 is 2.87 bits per heavy atom. The van der Waals surface area contributed by atoms with Crippen molar-refractivity contribution in [3.05, 3.63) is 36.5 Å². The number of aromatic nitrogens is 2. The molecule has 0 radical (unpaired) electrons. The van der Waals surface area contributed by atoms with E-state index in [0.29, 0.717) is 5.16 Å². The fourth-order valence-corrected chi connectivity index (χ4v) is 3.13. The fourth-order valence-electron chi connectivity index (χ4n) is 2.48. The van der Waals surface area contributed by atoms with Gasteiger partial charge in [-0.1, -0.05) is 42.1 Å². The van der Waals surface area contributed by atoms with Crippen molar-refractivity contribution >= 4 is 17.7 Å². The molecule has 1 saturated carbocycles. The second-order valence-corrected chi connectivity index (χ2v) is 6.86. The van der Waals surface area contributed by atoms with Crippen molar-refractivity contribution in [1.29, 1.82) is 5.26 Å². The highest BCUT2D eigenvalue weighted by molar-refractivity contribution is 7.99. The van der Waals surface area contributed by atoms with Gasteiger partial charge in [0.1, 0.15) is 5.54 Å². The highest BCUT2D eigenvalue weighted by Gasteiger charge is 2.42. The first-order chi connectivity index (χ1) is 11.1. The Balaban J connectivity index is 1.56. The summed E-state index contributed by atoms with van der Waals surface area (Å²) in [6, 6.07) is 12.1. The smallest absolute Gasteiger partial charge is 0.231 e. The summed E-state index contributed by atoms with van der Waals surface area (Å²) in [5.74, 6) is 0.393. The topological polar surface area (TPSA) is 81.6 Å². The Bertz CT molecular complexity index is 733. The van der Waals surface area contributed by atoms with E-state index in [1.807, 2.05) is 30.3 Å². The lowest BCUT2D eigenvalue weighted by Crippen LogP contribution is -2.47. The number of rotatable bonds is 6. The van der Waals surface area contributed by atoms with E-state index in [1.165, 1.54) is 11.8 Å². The first-order valence-corrected chi connectivity index (χ1v) is 8.55. The Kier molecular flexibility index (Phi) is 4.39. The summed E-state index contributed by atoms with van der Waals surface area (Å²) in [6.07, 6.45) is 3.78. The highest BCUT2D eigenvalue weighted by atomic mass is 32.2. The van der Waals surface area contributed by atoms with Crippen LogP contribution in [0.15, 0.2) is 41.7 Å². The number of hydrogen-bond donors (Lipinski definition) is 2. The van der Waals surface area contributed by atoms with E-state index in [9.17, 15) is 10.1 Å². The molecule has 0 bridgehead atoms. The molecule has 0 saturated heterocycles. The fraction of sp³-hybridized carbons (Fsp3) is 0.353. The predicted molar refractivity (Wildman–Crippen MR) is 89.6 cm³/mol. The Morgan fingerprint density at radius 2 is 2.22 bits per heavy atom. The van der Waals surface area contributed by atoms with Crippen molar-refractivity contribution in [3.8, 4) is 17.3 Å². The van der Waals surface area contributed by atoms with Gasteiger partial charge in [-0.05, 0) is 31.2 Å². The summed E-state index contributed by atoms with van der Waals surface area (Å²) in [5.41, 5.74) is 1.24. The van der Waals surface area contributed by atoms with E-state index < -0.39 is 5.54 Å². The lowest BCUT2D eigenvalue weighted by atomic mass is 9.98. The molecule has 6 heteroatoms. The van der Waals surface area contributed by atoms with Crippen LogP contribution in [0.25, 0.3) is 11.3 Å². The Labute approximate surface area is 139 Å². The average molecular weight is 326 g/mol. The van der Waals surface area contributed by atoms with E-state index >= 15 is 0 Å².